The maximum Gasteiger partial charge on any atom is 0.339 e. The Kier molecular flexibility index (Phi) is 6.37. The van der Waals surface area contributed by atoms with Crippen molar-refractivity contribution in [2.24, 2.45) is 5.73 Å². The van der Waals surface area contributed by atoms with E-state index in [2.05, 4.69) is 0 Å². The number of benzene rings is 1. The molecular weight excluding hydrogens is 304 g/mol. The Morgan fingerprint density at radius 1 is 1.13 bits per heavy atom. The molecule has 0 fully saturated rings. The second-order valence-electron chi connectivity index (χ2n) is 4.93. The molecule has 23 heavy (non-hydrogen) atoms. The molecule has 3 amide bonds. The van der Waals surface area contributed by atoms with Crippen molar-refractivity contribution in [2.45, 2.75) is 33.0 Å². The van der Waals surface area contributed by atoms with Crippen LogP contribution in [0.2, 0.25) is 0 Å². The number of amides is 3. The number of ether oxygens (including phenoxy) is 3. The number of nitrogens with two attached hydrogens (primary N) is 1. The van der Waals surface area contributed by atoms with Crippen molar-refractivity contribution < 1.29 is 28.6 Å². The molecule has 8 heteroatoms. The molecule has 1 unspecified atom stereocenters. The number of primary amides is 1. The summed E-state index contributed by atoms with van der Waals surface area (Å²) in [5.41, 5.74) is 5.00. The van der Waals surface area contributed by atoms with Gasteiger partial charge in [0.2, 0.25) is 0 Å². The van der Waals surface area contributed by atoms with Gasteiger partial charge in [0.1, 0.15) is 0 Å². The van der Waals surface area contributed by atoms with Gasteiger partial charge in [-0.25, -0.2) is 9.59 Å². The third-order valence-corrected chi connectivity index (χ3v) is 2.66. The summed E-state index contributed by atoms with van der Waals surface area (Å²) in [6, 6.07) is 3.48. The van der Waals surface area contributed by atoms with Gasteiger partial charge < -0.3 is 19.9 Å². The van der Waals surface area contributed by atoms with Crippen molar-refractivity contribution in [1.29, 1.82) is 0 Å². The number of imide groups is 1. The van der Waals surface area contributed by atoms with Gasteiger partial charge in [-0.05, 0) is 39.0 Å². The largest absolute Gasteiger partial charge is 0.493 e. The summed E-state index contributed by atoms with van der Waals surface area (Å²) in [7, 11) is 1.45. The number of hydrogen-bond donors (Lipinski definition) is 2. The van der Waals surface area contributed by atoms with Gasteiger partial charge in [0.25, 0.3) is 5.91 Å². The van der Waals surface area contributed by atoms with Gasteiger partial charge in [0, 0.05) is 0 Å². The Bertz CT molecular complexity index is 600. The Morgan fingerprint density at radius 2 is 1.78 bits per heavy atom. The lowest BCUT2D eigenvalue weighted by Gasteiger charge is -2.15. The van der Waals surface area contributed by atoms with Gasteiger partial charge in [0.05, 0.1) is 18.8 Å². The van der Waals surface area contributed by atoms with E-state index in [1.165, 1.54) is 26.2 Å². The standard InChI is InChI=1S/C15H20N2O6/c1-8(2)22-11-6-5-10(7-12(11)21-4)14(19)23-9(3)13(18)17-15(16)20/h5-9H,1-4H3,(H3,16,17,18,20). The van der Waals surface area contributed by atoms with Crippen LogP contribution in [-0.4, -0.2) is 37.2 Å². The SMILES string of the molecule is COc1cc(C(=O)OC(C)C(=O)NC(N)=O)ccc1OC(C)C. The van der Waals surface area contributed by atoms with Crippen molar-refractivity contribution >= 4 is 17.9 Å². The first-order chi connectivity index (χ1) is 10.7. The average molecular weight is 324 g/mol. The molecule has 0 aliphatic heterocycles. The number of rotatable bonds is 6. The number of esters is 1. The molecule has 126 valence electrons. The van der Waals surface area contributed by atoms with Crippen LogP contribution < -0.4 is 20.5 Å². The number of hydrogen-bond acceptors (Lipinski definition) is 6. The molecule has 1 atom stereocenters. The summed E-state index contributed by atoms with van der Waals surface area (Å²) in [5, 5.41) is 1.83. The molecule has 0 aliphatic carbocycles. The van der Waals surface area contributed by atoms with Crippen molar-refractivity contribution in [3.8, 4) is 11.5 Å². The molecule has 0 aromatic heterocycles. The van der Waals surface area contributed by atoms with Gasteiger partial charge in [0.15, 0.2) is 17.6 Å². The molecule has 0 heterocycles. The second-order valence-corrected chi connectivity index (χ2v) is 4.93. The van der Waals surface area contributed by atoms with E-state index in [0.29, 0.717) is 11.5 Å². The van der Waals surface area contributed by atoms with Gasteiger partial charge in [-0.3, -0.25) is 10.1 Å². The highest BCUT2D eigenvalue weighted by Gasteiger charge is 2.21. The first-order valence-corrected chi connectivity index (χ1v) is 6.90. The maximum atomic E-state index is 12.0. The topological polar surface area (TPSA) is 117 Å². The van der Waals surface area contributed by atoms with E-state index in [4.69, 9.17) is 19.9 Å². The quantitative estimate of drug-likeness (QED) is 0.760. The zero-order chi connectivity index (χ0) is 17.6. The highest BCUT2D eigenvalue weighted by molar-refractivity contribution is 5.98. The lowest BCUT2D eigenvalue weighted by Crippen LogP contribution is -2.42. The molecule has 0 bridgehead atoms. The predicted octanol–water partition coefficient (Wildman–Crippen LogP) is 1.22. The number of methoxy groups -OCH3 is 1. The van der Waals surface area contributed by atoms with Gasteiger partial charge in [-0.1, -0.05) is 0 Å². The molecule has 0 radical (unpaired) electrons. The van der Waals surface area contributed by atoms with Crippen molar-refractivity contribution in [3.63, 3.8) is 0 Å². The van der Waals surface area contributed by atoms with Gasteiger partial charge in [-0.15, -0.1) is 0 Å². The summed E-state index contributed by atoms with van der Waals surface area (Å²) < 4.78 is 15.7. The molecule has 0 aliphatic rings. The fourth-order valence-electron chi connectivity index (χ4n) is 1.65. The minimum absolute atomic E-state index is 0.0563. The van der Waals surface area contributed by atoms with Crippen LogP contribution in [0.5, 0.6) is 11.5 Å². The maximum absolute atomic E-state index is 12.0. The normalized spacial score (nSPS) is 11.5. The fourth-order valence-corrected chi connectivity index (χ4v) is 1.65. The van der Waals surface area contributed by atoms with Crippen LogP contribution in [0.3, 0.4) is 0 Å². The minimum Gasteiger partial charge on any atom is -0.493 e. The Balaban J connectivity index is 2.84. The Hall–Kier alpha value is -2.77. The predicted molar refractivity (Wildman–Crippen MR) is 81.4 cm³/mol. The molecule has 1 aromatic carbocycles. The monoisotopic (exact) mass is 324 g/mol. The molecular formula is C15H20N2O6. The van der Waals surface area contributed by atoms with E-state index in [1.807, 2.05) is 19.2 Å². The summed E-state index contributed by atoms with van der Waals surface area (Å²) in [5.74, 6) is -0.704. The zero-order valence-electron chi connectivity index (χ0n) is 13.4. The smallest absolute Gasteiger partial charge is 0.339 e. The molecule has 1 aromatic rings. The fraction of sp³-hybridized carbons (Fsp3) is 0.400. The molecule has 8 nitrogen and oxygen atoms in total. The highest BCUT2D eigenvalue weighted by atomic mass is 16.5. The number of nitrogens with one attached hydrogen (secondary N) is 1. The second kappa shape index (κ2) is 8.02. The van der Waals surface area contributed by atoms with E-state index in [0.717, 1.165) is 0 Å². The van der Waals surface area contributed by atoms with Crippen molar-refractivity contribution in [2.75, 3.05) is 7.11 Å². The zero-order valence-corrected chi connectivity index (χ0v) is 13.4. The third-order valence-electron chi connectivity index (χ3n) is 2.66. The van der Waals surface area contributed by atoms with E-state index in [-0.39, 0.29) is 11.7 Å². The minimum atomic E-state index is -1.17. The number of carbonyl (C=O) groups is 3. The van der Waals surface area contributed by atoms with E-state index >= 15 is 0 Å². The molecule has 0 saturated heterocycles. The van der Waals surface area contributed by atoms with Crippen LogP contribution in [-0.2, 0) is 9.53 Å². The van der Waals surface area contributed by atoms with Crippen LogP contribution in [0.15, 0.2) is 18.2 Å². The van der Waals surface area contributed by atoms with E-state index < -0.39 is 24.0 Å². The lowest BCUT2D eigenvalue weighted by atomic mass is 10.2. The summed E-state index contributed by atoms with van der Waals surface area (Å²) in [6.07, 6.45) is -1.23. The van der Waals surface area contributed by atoms with Crippen LogP contribution in [0.25, 0.3) is 0 Å². The van der Waals surface area contributed by atoms with Gasteiger partial charge >= 0.3 is 12.0 Å². The summed E-state index contributed by atoms with van der Waals surface area (Å²) in [4.78, 5) is 34.1. The number of carbonyl (C=O) groups excluding carboxylic acids is 3. The van der Waals surface area contributed by atoms with Crippen LogP contribution in [0, 0.1) is 0 Å². The average Bonchev–Trinajstić information content (AvgIpc) is 2.46. The molecule has 3 N–H and O–H groups in total. The van der Waals surface area contributed by atoms with E-state index in [9.17, 15) is 14.4 Å². The molecule has 1 rings (SSSR count). The first kappa shape index (κ1) is 18.3. The summed E-state index contributed by atoms with van der Waals surface area (Å²) in [6.45, 7) is 5.05. The van der Waals surface area contributed by atoms with Crippen LogP contribution in [0.1, 0.15) is 31.1 Å². The van der Waals surface area contributed by atoms with Crippen molar-refractivity contribution in [3.05, 3.63) is 23.8 Å². The molecule has 0 spiro atoms. The van der Waals surface area contributed by atoms with Gasteiger partial charge in [-0.2, -0.15) is 0 Å². The third kappa shape index (κ3) is 5.50. The first-order valence-electron chi connectivity index (χ1n) is 6.90. The van der Waals surface area contributed by atoms with Crippen LogP contribution >= 0.6 is 0 Å². The summed E-state index contributed by atoms with van der Waals surface area (Å²) >= 11 is 0. The Labute approximate surface area is 133 Å². The number of urea groups is 1. The van der Waals surface area contributed by atoms with Crippen molar-refractivity contribution in [1.82, 2.24) is 5.32 Å². The van der Waals surface area contributed by atoms with E-state index in [1.54, 1.807) is 6.07 Å². The Morgan fingerprint density at radius 3 is 2.30 bits per heavy atom. The molecule has 0 saturated carbocycles. The van der Waals surface area contributed by atoms with Crippen LogP contribution in [0.4, 0.5) is 4.79 Å². The highest BCUT2D eigenvalue weighted by Crippen LogP contribution is 2.29. The lowest BCUT2D eigenvalue weighted by molar-refractivity contribution is -0.127.